The molecule has 0 spiro atoms. The molecular formula is C19H21N7. The molecule has 0 aliphatic rings. The van der Waals surface area contributed by atoms with Crippen LogP contribution < -0.4 is 5.32 Å². The Morgan fingerprint density at radius 1 is 1.08 bits per heavy atom. The number of nitrogens with one attached hydrogen (secondary N) is 3. The minimum absolute atomic E-state index is 0.0854. The largest absolute Gasteiger partial charge is 0.366 e. The van der Waals surface area contributed by atoms with Gasteiger partial charge in [-0.1, -0.05) is 20.8 Å². The van der Waals surface area contributed by atoms with Crippen LogP contribution in [0, 0.1) is 0 Å². The molecule has 0 aromatic carbocycles. The fourth-order valence-corrected chi connectivity index (χ4v) is 2.72. The van der Waals surface area contributed by atoms with Crippen LogP contribution in [0.4, 0.5) is 5.82 Å². The van der Waals surface area contributed by atoms with E-state index in [2.05, 4.69) is 51.2 Å². The first-order chi connectivity index (χ1) is 12.5. The molecule has 0 aliphatic carbocycles. The highest BCUT2D eigenvalue weighted by atomic mass is 15.2. The third-order valence-electron chi connectivity index (χ3n) is 4.19. The quantitative estimate of drug-likeness (QED) is 0.524. The van der Waals surface area contributed by atoms with Gasteiger partial charge >= 0.3 is 0 Å². The van der Waals surface area contributed by atoms with Gasteiger partial charge in [0.1, 0.15) is 17.3 Å². The number of aromatic nitrogens is 6. The van der Waals surface area contributed by atoms with E-state index < -0.39 is 0 Å². The van der Waals surface area contributed by atoms with E-state index in [-0.39, 0.29) is 5.41 Å². The number of nitrogens with zero attached hydrogens (tertiary/aromatic N) is 4. The maximum absolute atomic E-state index is 4.70. The zero-order valence-electron chi connectivity index (χ0n) is 15.0. The molecule has 0 radical (unpaired) electrons. The van der Waals surface area contributed by atoms with Crippen molar-refractivity contribution in [2.45, 2.75) is 32.7 Å². The molecule has 0 saturated carbocycles. The SMILES string of the molecule is CC(C)(C)c1nc(-c2cc(NCc3ccncc3)nc3[nH]ccc23)n[nH]1. The molecule has 0 atom stereocenters. The Hall–Kier alpha value is -3.22. The maximum Gasteiger partial charge on any atom is 0.182 e. The first-order valence-electron chi connectivity index (χ1n) is 8.55. The second-order valence-electron chi connectivity index (χ2n) is 7.26. The lowest BCUT2D eigenvalue weighted by molar-refractivity contribution is 0.548. The summed E-state index contributed by atoms with van der Waals surface area (Å²) in [6, 6.07) is 7.95. The molecule has 7 heteroatoms. The summed E-state index contributed by atoms with van der Waals surface area (Å²) < 4.78 is 0. The van der Waals surface area contributed by atoms with E-state index in [1.54, 1.807) is 12.4 Å². The highest BCUT2D eigenvalue weighted by molar-refractivity contribution is 5.92. The number of rotatable bonds is 4. The van der Waals surface area contributed by atoms with Gasteiger partial charge in [-0.15, -0.1) is 0 Å². The van der Waals surface area contributed by atoms with Gasteiger partial charge in [0.15, 0.2) is 5.82 Å². The van der Waals surface area contributed by atoms with Gasteiger partial charge in [-0.3, -0.25) is 10.1 Å². The predicted octanol–water partition coefficient (Wildman–Crippen LogP) is 3.65. The van der Waals surface area contributed by atoms with Crippen LogP contribution in [0.25, 0.3) is 22.4 Å². The predicted molar refractivity (Wildman–Crippen MR) is 102 cm³/mol. The lowest BCUT2D eigenvalue weighted by Crippen LogP contribution is -2.13. The van der Waals surface area contributed by atoms with Crippen molar-refractivity contribution in [1.82, 2.24) is 30.1 Å². The topological polar surface area (TPSA) is 95.2 Å². The van der Waals surface area contributed by atoms with E-state index >= 15 is 0 Å². The summed E-state index contributed by atoms with van der Waals surface area (Å²) in [5, 5.41) is 11.9. The lowest BCUT2D eigenvalue weighted by Gasteiger charge is -2.13. The van der Waals surface area contributed by atoms with Gasteiger partial charge in [-0.05, 0) is 29.8 Å². The Labute approximate surface area is 151 Å². The van der Waals surface area contributed by atoms with E-state index in [0.29, 0.717) is 12.4 Å². The van der Waals surface area contributed by atoms with Crippen molar-refractivity contribution >= 4 is 16.9 Å². The molecule has 0 aliphatic heterocycles. The van der Waals surface area contributed by atoms with Gasteiger partial charge in [0, 0.05) is 41.5 Å². The van der Waals surface area contributed by atoms with Crippen molar-refractivity contribution in [3.05, 3.63) is 54.2 Å². The molecule has 0 bridgehead atoms. The Balaban J connectivity index is 1.70. The fourth-order valence-electron chi connectivity index (χ4n) is 2.72. The van der Waals surface area contributed by atoms with Crippen LogP contribution >= 0.6 is 0 Å². The van der Waals surface area contributed by atoms with E-state index in [4.69, 9.17) is 4.98 Å². The summed E-state index contributed by atoms with van der Waals surface area (Å²) in [4.78, 5) is 16.6. The fraction of sp³-hybridized carbons (Fsp3) is 0.263. The number of aromatic amines is 2. The van der Waals surface area contributed by atoms with Crippen molar-refractivity contribution in [2.24, 2.45) is 0 Å². The highest BCUT2D eigenvalue weighted by Crippen LogP contribution is 2.29. The summed E-state index contributed by atoms with van der Waals surface area (Å²) in [6.45, 7) is 6.99. The smallest absolute Gasteiger partial charge is 0.182 e. The van der Waals surface area contributed by atoms with Gasteiger partial charge < -0.3 is 10.3 Å². The van der Waals surface area contributed by atoms with Crippen LogP contribution in [0.15, 0.2) is 42.9 Å². The molecule has 4 rings (SSSR count). The number of fused-ring (bicyclic) bond motifs is 1. The molecule has 7 nitrogen and oxygen atoms in total. The zero-order chi connectivity index (χ0) is 18.1. The first-order valence-corrected chi connectivity index (χ1v) is 8.55. The van der Waals surface area contributed by atoms with E-state index in [1.165, 1.54) is 0 Å². The molecule has 4 aromatic heterocycles. The van der Waals surface area contributed by atoms with E-state index in [9.17, 15) is 0 Å². The van der Waals surface area contributed by atoms with Gasteiger partial charge in [0.05, 0.1) is 0 Å². The molecule has 132 valence electrons. The molecule has 0 fully saturated rings. The lowest BCUT2D eigenvalue weighted by atomic mass is 9.96. The molecule has 0 saturated heterocycles. The van der Waals surface area contributed by atoms with Crippen LogP contribution in [0.5, 0.6) is 0 Å². The van der Waals surface area contributed by atoms with Gasteiger partial charge in [-0.25, -0.2) is 9.97 Å². The van der Waals surface area contributed by atoms with Crippen molar-refractivity contribution in [1.29, 1.82) is 0 Å². The molecule has 26 heavy (non-hydrogen) atoms. The Morgan fingerprint density at radius 2 is 1.88 bits per heavy atom. The molecule has 3 N–H and O–H groups in total. The normalized spacial score (nSPS) is 11.8. The van der Waals surface area contributed by atoms with Crippen LogP contribution in [-0.4, -0.2) is 30.1 Å². The number of pyridine rings is 2. The summed E-state index contributed by atoms with van der Waals surface area (Å²) >= 11 is 0. The molecule has 4 heterocycles. The number of H-pyrrole nitrogens is 2. The van der Waals surface area contributed by atoms with Crippen LogP contribution in [-0.2, 0) is 12.0 Å². The molecule has 0 unspecified atom stereocenters. The first kappa shape index (κ1) is 16.3. The van der Waals surface area contributed by atoms with Gasteiger partial charge in [0.2, 0.25) is 0 Å². The average Bonchev–Trinajstić information content (AvgIpc) is 3.29. The van der Waals surface area contributed by atoms with Crippen LogP contribution in [0.3, 0.4) is 0 Å². The average molecular weight is 347 g/mol. The van der Waals surface area contributed by atoms with Crippen molar-refractivity contribution in [2.75, 3.05) is 5.32 Å². The minimum atomic E-state index is -0.0854. The van der Waals surface area contributed by atoms with Crippen molar-refractivity contribution in [3.63, 3.8) is 0 Å². The Bertz CT molecular complexity index is 1020. The van der Waals surface area contributed by atoms with E-state index in [0.717, 1.165) is 33.8 Å². The number of anilines is 1. The monoisotopic (exact) mass is 347 g/mol. The molecule has 4 aromatic rings. The van der Waals surface area contributed by atoms with Crippen LogP contribution in [0.2, 0.25) is 0 Å². The van der Waals surface area contributed by atoms with E-state index in [1.807, 2.05) is 30.5 Å². The maximum atomic E-state index is 4.70. The second-order valence-corrected chi connectivity index (χ2v) is 7.26. The van der Waals surface area contributed by atoms with Gasteiger partial charge in [-0.2, -0.15) is 5.10 Å². The van der Waals surface area contributed by atoms with Crippen LogP contribution in [0.1, 0.15) is 32.2 Å². The third-order valence-corrected chi connectivity index (χ3v) is 4.19. The summed E-state index contributed by atoms with van der Waals surface area (Å²) in [7, 11) is 0. The summed E-state index contributed by atoms with van der Waals surface area (Å²) in [5.41, 5.74) is 2.81. The standard InChI is InChI=1S/C19H21N7/c1-19(2,3)18-24-17(25-26-18)14-10-15(23-16-13(14)6-9-21-16)22-11-12-4-7-20-8-5-12/h4-10H,11H2,1-3H3,(H2,21,22,23)(H,24,25,26). The Morgan fingerprint density at radius 3 is 2.62 bits per heavy atom. The third kappa shape index (κ3) is 3.15. The highest BCUT2D eigenvalue weighted by Gasteiger charge is 2.20. The summed E-state index contributed by atoms with van der Waals surface area (Å²) in [5.74, 6) is 2.31. The molecule has 0 amide bonds. The van der Waals surface area contributed by atoms with Crippen molar-refractivity contribution < 1.29 is 0 Å². The zero-order valence-corrected chi connectivity index (χ0v) is 15.0. The van der Waals surface area contributed by atoms with Gasteiger partial charge in [0.25, 0.3) is 0 Å². The number of hydrogen-bond acceptors (Lipinski definition) is 5. The summed E-state index contributed by atoms with van der Waals surface area (Å²) in [6.07, 6.45) is 5.45. The number of hydrogen-bond donors (Lipinski definition) is 3. The van der Waals surface area contributed by atoms with Crippen molar-refractivity contribution in [3.8, 4) is 11.4 Å². The Kier molecular flexibility index (Phi) is 3.91. The molecular weight excluding hydrogens is 326 g/mol. The minimum Gasteiger partial charge on any atom is -0.366 e. The second kappa shape index (κ2) is 6.25.